The van der Waals surface area contributed by atoms with Gasteiger partial charge in [-0.3, -0.25) is 9.80 Å². The second-order valence-corrected chi connectivity index (χ2v) is 15.7. The molecule has 0 bridgehead atoms. The maximum absolute atomic E-state index is 5.38. The van der Waals surface area contributed by atoms with Gasteiger partial charge in [-0.1, -0.05) is 26.7 Å². The van der Waals surface area contributed by atoms with E-state index < -0.39 is 0 Å². The summed E-state index contributed by atoms with van der Waals surface area (Å²) in [7, 11) is 8.68. The lowest BCUT2D eigenvalue weighted by Crippen LogP contribution is -2.63. The molecule has 8 heteroatoms. The molecule has 0 atom stereocenters. The molecule has 2 aliphatic rings. The Labute approximate surface area is 253 Å². The van der Waals surface area contributed by atoms with E-state index >= 15 is 0 Å². The first-order valence-corrected chi connectivity index (χ1v) is 16.3. The summed E-state index contributed by atoms with van der Waals surface area (Å²) in [5.74, 6) is 2.45. The van der Waals surface area contributed by atoms with E-state index in [9.17, 15) is 0 Å². The smallest absolute Gasteiger partial charge is 0.232 e. The van der Waals surface area contributed by atoms with Crippen LogP contribution in [0, 0.1) is 0 Å². The summed E-state index contributed by atoms with van der Waals surface area (Å²) in [6, 6.07) is 0.747. The van der Waals surface area contributed by atoms with Crippen LogP contribution < -0.4 is 14.7 Å². The van der Waals surface area contributed by atoms with Crippen molar-refractivity contribution in [1.82, 2.24) is 24.8 Å². The van der Waals surface area contributed by atoms with E-state index in [4.69, 9.17) is 15.0 Å². The number of likely N-dealkylation sites (tertiary alicyclic amines) is 2. The molecule has 0 radical (unpaired) electrons. The number of rotatable bonds is 11. The average molecular weight is 573 g/mol. The van der Waals surface area contributed by atoms with E-state index in [1.54, 1.807) is 0 Å². The molecule has 0 spiro atoms. The monoisotopic (exact) mass is 573 g/mol. The van der Waals surface area contributed by atoms with Crippen LogP contribution in [0.4, 0.5) is 17.8 Å². The Bertz CT molecular complexity index is 893. The Balaban J connectivity index is 2.12. The number of hydrogen-bond donors (Lipinski definition) is 0. The summed E-state index contributed by atoms with van der Waals surface area (Å²) in [5.41, 5.74) is 0.371. The first-order chi connectivity index (χ1) is 18.9. The summed E-state index contributed by atoms with van der Waals surface area (Å²) in [5, 5.41) is 0. The third-order valence-electron chi connectivity index (χ3n) is 10.5. The van der Waals surface area contributed by atoms with Gasteiger partial charge in [-0.2, -0.15) is 15.0 Å². The number of nitrogens with zero attached hydrogens (tertiary/aromatic N) is 8. The van der Waals surface area contributed by atoms with Crippen LogP contribution in [0.2, 0.25) is 0 Å². The van der Waals surface area contributed by atoms with E-state index in [1.807, 2.05) is 0 Å². The molecule has 3 heterocycles. The van der Waals surface area contributed by atoms with Crippen molar-refractivity contribution in [3.63, 3.8) is 0 Å². The van der Waals surface area contributed by atoms with Crippen LogP contribution >= 0.6 is 0 Å². The third-order valence-corrected chi connectivity index (χ3v) is 10.5. The van der Waals surface area contributed by atoms with Crippen LogP contribution in [0.3, 0.4) is 0 Å². The van der Waals surface area contributed by atoms with E-state index in [-0.39, 0.29) is 22.2 Å². The van der Waals surface area contributed by atoms with Gasteiger partial charge >= 0.3 is 0 Å². The number of aromatic nitrogens is 3. The molecule has 0 aliphatic carbocycles. The fourth-order valence-electron chi connectivity index (χ4n) is 7.43. The molecular formula is C33H64N8. The highest BCUT2D eigenvalue weighted by molar-refractivity contribution is 5.48. The molecule has 0 N–H and O–H groups in total. The summed E-state index contributed by atoms with van der Waals surface area (Å²) >= 11 is 0. The normalized spacial score (nSPS) is 23.0. The van der Waals surface area contributed by atoms with Crippen LogP contribution in [0.1, 0.15) is 121 Å². The molecule has 2 fully saturated rings. The van der Waals surface area contributed by atoms with Crippen molar-refractivity contribution < 1.29 is 0 Å². The number of piperidine rings is 2. The lowest BCUT2D eigenvalue weighted by Gasteiger charge is -2.56. The molecule has 2 saturated heterocycles. The predicted octanol–water partition coefficient (Wildman–Crippen LogP) is 6.45. The standard InChI is InChI=1S/C33H64N8/c1-15-17-19-40(25-21-30(3,4)38(13)31(5,6)22-25)28-34-27(37(11)12)35-29(36-28)41(20-18-16-2)26-23-32(7,8)39(14)33(9,10)24-26/h25-26H,15-24H2,1-14H3. The van der Waals surface area contributed by atoms with Gasteiger partial charge in [0.15, 0.2) is 0 Å². The van der Waals surface area contributed by atoms with E-state index in [2.05, 4.69) is 122 Å². The first-order valence-electron chi connectivity index (χ1n) is 16.3. The minimum Gasteiger partial charge on any atom is -0.347 e. The lowest BCUT2D eigenvalue weighted by molar-refractivity contribution is -0.0130. The number of anilines is 3. The second kappa shape index (κ2) is 12.5. The van der Waals surface area contributed by atoms with Gasteiger partial charge in [-0.05, 0) is 108 Å². The molecular weight excluding hydrogens is 508 g/mol. The lowest BCUT2D eigenvalue weighted by atomic mass is 9.77. The fraction of sp³-hybridized carbons (Fsp3) is 0.909. The second-order valence-electron chi connectivity index (χ2n) is 15.7. The van der Waals surface area contributed by atoms with Crippen LogP contribution in [0.15, 0.2) is 0 Å². The number of unbranched alkanes of at least 4 members (excludes halogenated alkanes) is 2. The quantitative estimate of drug-likeness (QED) is 0.300. The van der Waals surface area contributed by atoms with Gasteiger partial charge in [0, 0.05) is 61.4 Å². The molecule has 236 valence electrons. The molecule has 2 aliphatic heterocycles. The van der Waals surface area contributed by atoms with Crippen LogP contribution in [0.25, 0.3) is 0 Å². The molecule has 0 aromatic carbocycles. The zero-order valence-electron chi connectivity index (χ0n) is 29.3. The minimum atomic E-state index is 0.0928. The Kier molecular flexibility index (Phi) is 10.3. The Morgan fingerprint density at radius 2 is 0.878 bits per heavy atom. The van der Waals surface area contributed by atoms with Crippen molar-refractivity contribution in [2.24, 2.45) is 0 Å². The molecule has 0 amide bonds. The van der Waals surface area contributed by atoms with E-state index in [0.717, 1.165) is 82.3 Å². The van der Waals surface area contributed by atoms with Crippen molar-refractivity contribution in [2.45, 2.75) is 155 Å². The van der Waals surface area contributed by atoms with Gasteiger partial charge in [0.25, 0.3) is 0 Å². The minimum absolute atomic E-state index is 0.0928. The molecule has 0 unspecified atom stereocenters. The molecule has 8 nitrogen and oxygen atoms in total. The van der Waals surface area contributed by atoms with Gasteiger partial charge < -0.3 is 14.7 Å². The summed E-state index contributed by atoms with van der Waals surface area (Å²) < 4.78 is 0. The van der Waals surface area contributed by atoms with Crippen LogP contribution in [0.5, 0.6) is 0 Å². The van der Waals surface area contributed by atoms with Gasteiger partial charge in [-0.25, -0.2) is 0 Å². The molecule has 41 heavy (non-hydrogen) atoms. The van der Waals surface area contributed by atoms with Crippen molar-refractivity contribution in [3.05, 3.63) is 0 Å². The molecule has 1 aromatic heterocycles. The largest absolute Gasteiger partial charge is 0.347 e. The predicted molar refractivity (Wildman–Crippen MR) is 177 cm³/mol. The topological polar surface area (TPSA) is 54.9 Å². The Morgan fingerprint density at radius 1 is 0.585 bits per heavy atom. The van der Waals surface area contributed by atoms with Crippen LogP contribution in [-0.2, 0) is 0 Å². The Hall–Kier alpha value is -1.67. The van der Waals surface area contributed by atoms with Gasteiger partial charge in [0.05, 0.1) is 0 Å². The van der Waals surface area contributed by atoms with Gasteiger partial charge in [-0.15, -0.1) is 0 Å². The maximum Gasteiger partial charge on any atom is 0.232 e. The highest BCUT2D eigenvalue weighted by atomic mass is 15.4. The van der Waals surface area contributed by atoms with Gasteiger partial charge in [0.2, 0.25) is 17.8 Å². The highest BCUT2D eigenvalue weighted by Crippen LogP contribution is 2.42. The summed E-state index contributed by atoms with van der Waals surface area (Å²) in [4.78, 5) is 27.9. The van der Waals surface area contributed by atoms with Crippen LogP contribution in [-0.4, -0.2) is 100 Å². The van der Waals surface area contributed by atoms with Gasteiger partial charge in [0.1, 0.15) is 0 Å². The van der Waals surface area contributed by atoms with Crippen molar-refractivity contribution >= 4 is 17.8 Å². The highest BCUT2D eigenvalue weighted by Gasteiger charge is 2.47. The molecule has 3 rings (SSSR count). The summed E-state index contributed by atoms with van der Waals surface area (Å²) in [6.45, 7) is 25.6. The maximum atomic E-state index is 5.38. The first kappa shape index (κ1) is 33.8. The molecule has 0 saturated carbocycles. The van der Waals surface area contributed by atoms with Crippen molar-refractivity contribution in [3.8, 4) is 0 Å². The average Bonchev–Trinajstić information content (AvgIpc) is 2.85. The van der Waals surface area contributed by atoms with Crippen molar-refractivity contribution in [2.75, 3.05) is 56.0 Å². The van der Waals surface area contributed by atoms with E-state index in [0.29, 0.717) is 12.1 Å². The third kappa shape index (κ3) is 7.46. The summed E-state index contributed by atoms with van der Waals surface area (Å²) in [6.07, 6.45) is 8.91. The van der Waals surface area contributed by atoms with E-state index in [1.165, 1.54) is 0 Å². The zero-order valence-corrected chi connectivity index (χ0v) is 29.3. The Morgan fingerprint density at radius 3 is 1.15 bits per heavy atom. The number of hydrogen-bond acceptors (Lipinski definition) is 8. The molecule has 1 aromatic rings. The zero-order chi connectivity index (χ0) is 31.0. The SMILES string of the molecule is CCCCN(c1nc(N(C)C)nc(N(CCCC)C2CC(C)(C)N(C)C(C)(C)C2)n1)C1CC(C)(C)N(C)C(C)(C)C1. The fourth-order valence-corrected chi connectivity index (χ4v) is 7.43. The van der Waals surface area contributed by atoms with Crippen molar-refractivity contribution in [1.29, 1.82) is 0 Å².